The van der Waals surface area contributed by atoms with Gasteiger partial charge in [-0.3, -0.25) is 63.4 Å². The van der Waals surface area contributed by atoms with E-state index in [4.69, 9.17) is 10.5 Å². The summed E-state index contributed by atoms with van der Waals surface area (Å²) in [4.78, 5) is 184. The molecular weight excluding hydrogens is 1200 g/mol. The molecule has 1 rings (SSSR count). The summed E-state index contributed by atoms with van der Waals surface area (Å²) in [5.41, 5.74) is 4.14. The number of aldehydes is 1. The molecule has 526 valence electrons. The second-order valence-corrected chi connectivity index (χ2v) is 28.4. The van der Waals surface area contributed by atoms with Gasteiger partial charge in [0.2, 0.25) is 53.2 Å². The van der Waals surface area contributed by atoms with Gasteiger partial charge in [-0.05, 0) is 93.8 Å². The number of nitrogens with one attached hydrogen (secondary N) is 4. The summed E-state index contributed by atoms with van der Waals surface area (Å²) in [5.74, 6) is -11.1. The number of rotatable bonds is 21. The molecule has 1 heterocycles. The maximum Gasteiger partial charge on any atom is 0.323 e. The number of aliphatic hydroxyl groups excluding tert-OH is 1. The van der Waals surface area contributed by atoms with Crippen LogP contribution in [-0.4, -0.2) is 251 Å². The van der Waals surface area contributed by atoms with Crippen LogP contribution in [0.4, 0.5) is 4.79 Å². The number of allylic oxidation sites excluding steroid dienone is 2. The zero-order valence-corrected chi connectivity index (χ0v) is 60.5. The van der Waals surface area contributed by atoms with Crippen LogP contribution >= 0.6 is 11.8 Å². The predicted octanol–water partition coefficient (Wildman–Crippen LogP) is 3.08. The summed E-state index contributed by atoms with van der Waals surface area (Å²) in [6, 6.07) is -14.4. The molecule has 13 atom stereocenters. The average Bonchev–Trinajstić information content (AvgIpc) is 0.801. The first-order valence-corrected chi connectivity index (χ1v) is 33.5. The molecule has 27 heteroatoms. The Kier molecular flexibility index (Phi) is 34.8. The number of nitrogens with two attached hydrogens (primary N) is 1. The van der Waals surface area contributed by atoms with E-state index in [1.54, 1.807) is 74.5 Å². The summed E-state index contributed by atoms with van der Waals surface area (Å²) < 4.78 is 4.84. The zero-order valence-electron chi connectivity index (χ0n) is 59.7. The second-order valence-electron chi connectivity index (χ2n) is 27.3. The molecule has 1 saturated heterocycles. The van der Waals surface area contributed by atoms with Gasteiger partial charge >= 0.3 is 12.0 Å². The molecule has 26 nitrogen and oxygen atoms in total. The third-order valence-corrected chi connectivity index (χ3v) is 18.2. The number of ether oxygens (including phenoxy) is 1. The first-order valence-electron chi connectivity index (χ1n) is 32.3. The number of amides is 11. The van der Waals surface area contributed by atoms with Crippen LogP contribution < -0.4 is 27.0 Å². The molecule has 0 aliphatic carbocycles. The van der Waals surface area contributed by atoms with Crippen molar-refractivity contribution in [2.75, 3.05) is 67.9 Å². The normalized spacial score (nSPS) is 26.6. The number of hydrogen-bond acceptors (Lipinski definition) is 17. The highest BCUT2D eigenvalue weighted by Crippen LogP contribution is 2.28. The van der Waals surface area contributed by atoms with Crippen molar-refractivity contribution in [2.24, 2.45) is 47.2 Å². The van der Waals surface area contributed by atoms with Crippen molar-refractivity contribution in [1.29, 1.82) is 0 Å². The Morgan fingerprint density at radius 1 is 0.620 bits per heavy atom. The quantitative estimate of drug-likeness (QED) is 0.0416. The Labute approximate surface area is 552 Å². The SMILES string of the molecule is C/C=C/C[C@@H](C)[C@@H](O)[C@H]1C(=O)N[C@@H](CC)C(=O)N(C)[C@H](CSC[C@H](N)C(=O)OC)C(=O)N(C)[C@@](C=O)(CC(C)C)N[C@H](C(C)C)C(=O)N(C)[C@H](CC(C)C)C(=O)NC(=O)C(C)NC(=O)N(C)[C@H](CC(C)C)C(=O)N(C)[C@H](CC(C)C)C(=O)N(C)[C@H](C(C)C)C(=O)N1C. The van der Waals surface area contributed by atoms with E-state index in [1.807, 2.05) is 41.5 Å². The van der Waals surface area contributed by atoms with Gasteiger partial charge < -0.3 is 60.5 Å². The fraction of sp³-hybridized carbons (Fsp3) is 0.785. The second kappa shape index (κ2) is 38.2. The van der Waals surface area contributed by atoms with E-state index in [0.29, 0.717) is 6.29 Å². The minimum absolute atomic E-state index is 0.0437. The van der Waals surface area contributed by atoms with E-state index >= 15 is 28.8 Å². The summed E-state index contributed by atoms with van der Waals surface area (Å²) >= 11 is 1.03. The van der Waals surface area contributed by atoms with Crippen LogP contribution in [0.3, 0.4) is 0 Å². The Morgan fingerprint density at radius 3 is 1.58 bits per heavy atom. The summed E-state index contributed by atoms with van der Waals surface area (Å²) in [6.45, 7) is 27.8. The van der Waals surface area contributed by atoms with E-state index in [2.05, 4.69) is 21.3 Å². The number of esters is 1. The van der Waals surface area contributed by atoms with Gasteiger partial charge in [-0.15, -0.1) is 0 Å². The number of hydrogen-bond donors (Lipinski definition) is 6. The monoisotopic (exact) mass is 1320 g/mol. The summed E-state index contributed by atoms with van der Waals surface area (Å²) in [7, 11) is 10.7. The topological polar surface area (TPSA) is 331 Å². The van der Waals surface area contributed by atoms with Crippen molar-refractivity contribution < 1.29 is 67.4 Å². The molecule has 0 radical (unpaired) electrons. The van der Waals surface area contributed by atoms with Gasteiger partial charge in [0.25, 0.3) is 0 Å². The molecule has 0 spiro atoms. The van der Waals surface area contributed by atoms with Gasteiger partial charge in [-0.2, -0.15) is 11.8 Å². The molecule has 7 N–H and O–H groups in total. The number of carbonyl (C=O) groups is 12. The molecule has 11 amide bonds. The van der Waals surface area contributed by atoms with Crippen molar-refractivity contribution in [3.63, 3.8) is 0 Å². The molecule has 0 saturated carbocycles. The minimum atomic E-state index is -2.00. The van der Waals surface area contributed by atoms with Crippen LogP contribution in [0.25, 0.3) is 0 Å². The van der Waals surface area contributed by atoms with E-state index in [-0.39, 0.29) is 73.7 Å². The molecule has 0 aromatic rings. The minimum Gasteiger partial charge on any atom is -0.468 e. The first-order chi connectivity index (χ1) is 42.6. The van der Waals surface area contributed by atoms with Crippen molar-refractivity contribution >= 4 is 83.2 Å². The highest BCUT2D eigenvalue weighted by Gasteiger charge is 2.49. The van der Waals surface area contributed by atoms with Crippen molar-refractivity contribution in [1.82, 2.24) is 55.6 Å². The fourth-order valence-corrected chi connectivity index (χ4v) is 12.4. The Morgan fingerprint density at radius 2 is 1.11 bits per heavy atom. The number of carbonyl (C=O) groups excluding carboxylic acids is 12. The third kappa shape index (κ3) is 22.8. The molecule has 1 unspecified atom stereocenters. The molecule has 1 aliphatic rings. The van der Waals surface area contributed by atoms with Gasteiger partial charge in [0.15, 0.2) is 11.9 Å². The largest absolute Gasteiger partial charge is 0.468 e. The lowest BCUT2D eigenvalue weighted by Crippen LogP contribution is -2.70. The van der Waals surface area contributed by atoms with E-state index in [9.17, 15) is 33.9 Å². The number of likely N-dealkylation sites (N-methyl/N-ethyl adjacent to an activating group) is 7. The molecule has 1 fully saturated rings. The first kappa shape index (κ1) is 83.8. The van der Waals surface area contributed by atoms with Crippen LogP contribution in [-0.2, 0) is 57.5 Å². The number of methoxy groups -OCH3 is 1. The smallest absolute Gasteiger partial charge is 0.323 e. The predicted molar refractivity (Wildman–Crippen MR) is 356 cm³/mol. The summed E-state index contributed by atoms with van der Waals surface area (Å²) in [5, 5.41) is 23.2. The lowest BCUT2D eigenvalue weighted by molar-refractivity contribution is -0.157. The van der Waals surface area contributed by atoms with Crippen LogP contribution in [0.15, 0.2) is 12.2 Å². The standard InChI is InChI=1S/C65H116N12O14S/c1-25-27-28-42(15)53(79)52-56(82)68-45(26-2)57(83)73(19)49(34-92-33-44(66)63(89)91-24)60(86)77(23)65(35-78,32-39(9)10)70-50(40(11)12)61(87)71(17)46(29-36(3)4)55(81)69-54(80)43(16)67-64(90)74(20)48(31-38(7)8)58(84)72(18)47(30-37(5)6)59(85)75(21)51(41(13)14)62(88)76(52)22/h25,27,35-53,70,79H,26,28-34,66H2,1-24H3,(H,67,90)(H,68,82)(H,69,80,81)/b27-25+/t42-,43?,44+,45+,46-,47-,48-,49-,50-,51-,52+,53-,65-/m1/s1. The molecule has 0 bridgehead atoms. The van der Waals surface area contributed by atoms with Gasteiger partial charge in [-0.25, -0.2) is 4.79 Å². The number of urea groups is 1. The van der Waals surface area contributed by atoms with Crippen LogP contribution in [0.1, 0.15) is 149 Å². The third-order valence-electron chi connectivity index (χ3n) is 17.1. The van der Waals surface area contributed by atoms with Crippen molar-refractivity contribution in [3.05, 3.63) is 12.2 Å². The maximum atomic E-state index is 15.5. The van der Waals surface area contributed by atoms with Gasteiger partial charge in [0, 0.05) is 60.8 Å². The fourth-order valence-electron chi connectivity index (χ4n) is 11.3. The van der Waals surface area contributed by atoms with Crippen molar-refractivity contribution in [2.45, 2.75) is 221 Å². The lowest BCUT2D eigenvalue weighted by Gasteiger charge is -2.45. The Balaban J connectivity index is 4.67. The molecule has 1 aliphatic heterocycles. The number of thioether (sulfide) groups is 1. The van der Waals surface area contributed by atoms with Crippen molar-refractivity contribution in [3.8, 4) is 0 Å². The van der Waals surface area contributed by atoms with Crippen LogP contribution in [0.5, 0.6) is 0 Å². The van der Waals surface area contributed by atoms with E-state index < -0.39 is 155 Å². The number of nitrogens with zero attached hydrogens (tertiary/aromatic N) is 7. The lowest BCUT2D eigenvalue weighted by atomic mass is 9.91. The zero-order chi connectivity index (χ0) is 71.3. The maximum absolute atomic E-state index is 15.5. The highest BCUT2D eigenvalue weighted by molar-refractivity contribution is 7.99. The van der Waals surface area contributed by atoms with Gasteiger partial charge in [0.1, 0.15) is 54.4 Å². The van der Waals surface area contributed by atoms with Gasteiger partial charge in [-0.1, -0.05) is 109 Å². The Hall–Kier alpha value is -6.19. The molecule has 92 heavy (non-hydrogen) atoms. The highest BCUT2D eigenvalue weighted by atomic mass is 32.2. The van der Waals surface area contributed by atoms with Crippen LogP contribution in [0, 0.1) is 41.4 Å². The van der Waals surface area contributed by atoms with E-state index in [1.165, 1.54) is 66.1 Å². The number of aliphatic hydroxyl groups is 1. The summed E-state index contributed by atoms with van der Waals surface area (Å²) in [6.07, 6.45) is 2.81. The molecule has 0 aromatic carbocycles. The number of imide groups is 1. The molecule has 0 aromatic heterocycles. The van der Waals surface area contributed by atoms with E-state index in [0.717, 1.165) is 43.4 Å². The van der Waals surface area contributed by atoms with Crippen LogP contribution in [0.2, 0.25) is 0 Å². The van der Waals surface area contributed by atoms with Gasteiger partial charge in [0.05, 0.1) is 19.3 Å². The Bertz CT molecular complexity index is 2550. The molecular formula is C65H116N12O14S. The average molecular weight is 1320 g/mol.